The largest absolute Gasteiger partial charge is 0.322 e. The van der Waals surface area contributed by atoms with E-state index in [-0.39, 0.29) is 0 Å². The Hall–Kier alpha value is 0.920. The van der Waals surface area contributed by atoms with Gasteiger partial charge in [-0.3, -0.25) is 0 Å². The Labute approximate surface area is 110 Å². The smallest absolute Gasteiger partial charge is 0.247 e. The van der Waals surface area contributed by atoms with Gasteiger partial charge in [0.05, 0.1) is 13.2 Å². The highest BCUT2D eigenvalue weighted by atomic mass is 32.9. The first kappa shape index (κ1) is 16.9. The monoisotopic (exact) mass is 284 g/mol. The van der Waals surface area contributed by atoms with Crippen LogP contribution in [0, 0.1) is 5.92 Å². The van der Waals surface area contributed by atoms with E-state index in [0.29, 0.717) is 5.92 Å². The van der Waals surface area contributed by atoms with E-state index in [2.05, 4.69) is 27.7 Å². The molecule has 0 aromatic rings. The molecule has 0 aromatic heterocycles. The molecule has 0 atom stereocenters. The highest BCUT2D eigenvalue weighted by Crippen LogP contribution is 2.61. The third-order valence-corrected chi connectivity index (χ3v) is 7.29. The predicted molar refractivity (Wildman–Crippen MR) is 78.7 cm³/mol. The Morgan fingerprint density at radius 3 is 2.00 bits per heavy atom. The van der Waals surface area contributed by atoms with Crippen LogP contribution in [-0.2, 0) is 20.9 Å². The quantitative estimate of drug-likeness (QED) is 0.534. The first-order chi connectivity index (χ1) is 7.54. The van der Waals surface area contributed by atoms with Crippen molar-refractivity contribution in [2.24, 2.45) is 5.92 Å². The minimum absolute atomic E-state index is 0.716. The Kier molecular flexibility index (Phi) is 10.5. The Balaban J connectivity index is 4.02. The van der Waals surface area contributed by atoms with Crippen molar-refractivity contribution in [1.29, 1.82) is 0 Å². The summed E-state index contributed by atoms with van der Waals surface area (Å²) >= 11 is 7.23. The van der Waals surface area contributed by atoms with Crippen LogP contribution in [0.5, 0.6) is 0 Å². The zero-order valence-corrected chi connectivity index (χ0v) is 13.4. The molecule has 0 radical (unpaired) electrons. The summed E-state index contributed by atoms with van der Waals surface area (Å²) < 4.78 is 11.5. The maximum Gasteiger partial charge on any atom is 0.247 e. The van der Waals surface area contributed by atoms with Gasteiger partial charge in [0.1, 0.15) is 0 Å². The van der Waals surface area contributed by atoms with E-state index in [1.54, 1.807) is 11.4 Å². The predicted octanol–water partition coefficient (Wildman–Crippen LogP) is 4.84. The van der Waals surface area contributed by atoms with E-state index in [1.807, 2.05) is 0 Å². The van der Waals surface area contributed by atoms with Crippen molar-refractivity contribution < 1.29 is 9.05 Å². The van der Waals surface area contributed by atoms with Crippen molar-refractivity contribution in [3.63, 3.8) is 0 Å². The topological polar surface area (TPSA) is 18.5 Å². The van der Waals surface area contributed by atoms with Crippen LogP contribution >= 0.6 is 17.1 Å². The van der Waals surface area contributed by atoms with Crippen LogP contribution in [0.2, 0.25) is 0 Å². The average molecular weight is 284 g/mol. The highest BCUT2D eigenvalue weighted by molar-refractivity contribution is 8.67. The van der Waals surface area contributed by atoms with Crippen LogP contribution < -0.4 is 0 Å². The molecule has 0 heterocycles. The van der Waals surface area contributed by atoms with Crippen molar-refractivity contribution in [2.75, 3.05) is 19.0 Å². The lowest BCUT2D eigenvalue weighted by atomic mass is 10.2. The summed E-state index contributed by atoms with van der Waals surface area (Å²) in [6, 6.07) is 0. The van der Waals surface area contributed by atoms with E-state index in [0.717, 1.165) is 31.8 Å². The molecule has 5 heteroatoms. The van der Waals surface area contributed by atoms with Crippen LogP contribution in [0.4, 0.5) is 0 Å². The fraction of sp³-hybridized carbons (Fsp3) is 1.00. The van der Waals surface area contributed by atoms with Gasteiger partial charge in [0.2, 0.25) is 5.69 Å². The Morgan fingerprint density at radius 2 is 1.62 bits per heavy atom. The van der Waals surface area contributed by atoms with Crippen molar-refractivity contribution in [3.05, 3.63) is 0 Å². The van der Waals surface area contributed by atoms with Crippen LogP contribution in [0.1, 0.15) is 47.0 Å². The van der Waals surface area contributed by atoms with Crippen LogP contribution in [0.25, 0.3) is 0 Å². The molecular formula is C11H25O2PS2. The average Bonchev–Trinajstić information content (AvgIpc) is 2.23. The molecule has 98 valence electrons. The second-order valence-electron chi connectivity index (χ2n) is 4.13. The summed E-state index contributed by atoms with van der Waals surface area (Å²) in [4.78, 5) is 0. The first-order valence-corrected chi connectivity index (χ1v) is 10.3. The SMILES string of the molecule is CCCOP(=S)(OCCC)SCCC(C)C. The van der Waals surface area contributed by atoms with Gasteiger partial charge in [0.15, 0.2) is 0 Å². The van der Waals surface area contributed by atoms with Crippen LogP contribution in [0.15, 0.2) is 0 Å². The van der Waals surface area contributed by atoms with Gasteiger partial charge in [-0.1, -0.05) is 39.1 Å². The zero-order chi connectivity index (χ0) is 12.4. The summed E-state index contributed by atoms with van der Waals surface area (Å²) in [5.41, 5.74) is -2.06. The second kappa shape index (κ2) is 9.90. The van der Waals surface area contributed by atoms with Gasteiger partial charge >= 0.3 is 0 Å². The van der Waals surface area contributed by atoms with Gasteiger partial charge in [0, 0.05) is 5.75 Å². The van der Waals surface area contributed by atoms with E-state index in [4.69, 9.17) is 20.9 Å². The molecule has 0 unspecified atom stereocenters. The maximum absolute atomic E-state index is 5.73. The highest BCUT2D eigenvalue weighted by Gasteiger charge is 2.19. The third-order valence-electron chi connectivity index (χ3n) is 1.85. The summed E-state index contributed by atoms with van der Waals surface area (Å²) in [6.45, 7) is 10.1. The first-order valence-electron chi connectivity index (χ1n) is 6.07. The van der Waals surface area contributed by atoms with Gasteiger partial charge < -0.3 is 9.05 Å². The third kappa shape index (κ3) is 9.00. The van der Waals surface area contributed by atoms with E-state index < -0.39 is 5.69 Å². The molecule has 0 spiro atoms. The van der Waals surface area contributed by atoms with Crippen molar-refractivity contribution in [3.8, 4) is 0 Å². The fourth-order valence-electron chi connectivity index (χ4n) is 0.918. The molecule has 0 saturated heterocycles. The van der Waals surface area contributed by atoms with Crippen LogP contribution in [0.3, 0.4) is 0 Å². The van der Waals surface area contributed by atoms with Crippen molar-refractivity contribution >= 4 is 28.9 Å². The molecule has 0 aliphatic carbocycles. The van der Waals surface area contributed by atoms with Gasteiger partial charge in [-0.25, -0.2) is 0 Å². The molecule has 0 aliphatic rings. The molecule has 16 heavy (non-hydrogen) atoms. The number of hydrogen-bond donors (Lipinski definition) is 0. The molecule has 2 nitrogen and oxygen atoms in total. The molecule has 0 fully saturated rings. The number of rotatable bonds is 10. The lowest BCUT2D eigenvalue weighted by Gasteiger charge is -2.21. The molecule has 0 amide bonds. The normalized spacial score (nSPS) is 12.3. The van der Waals surface area contributed by atoms with Crippen LogP contribution in [-0.4, -0.2) is 19.0 Å². The van der Waals surface area contributed by atoms with Gasteiger partial charge in [-0.2, -0.15) is 0 Å². The van der Waals surface area contributed by atoms with Gasteiger partial charge in [-0.05, 0) is 37.0 Å². The van der Waals surface area contributed by atoms with Crippen molar-refractivity contribution in [2.45, 2.75) is 47.0 Å². The molecule has 0 saturated carbocycles. The van der Waals surface area contributed by atoms with E-state index >= 15 is 0 Å². The summed E-state index contributed by atoms with van der Waals surface area (Å²) in [6.07, 6.45) is 3.17. The lowest BCUT2D eigenvalue weighted by molar-refractivity contribution is 0.260. The Bertz CT molecular complexity index is 198. The van der Waals surface area contributed by atoms with E-state index in [9.17, 15) is 0 Å². The standard InChI is InChI=1S/C11H25O2PS2/c1-5-8-12-14(15,13-9-6-2)16-10-7-11(3)4/h11H,5-10H2,1-4H3. The maximum atomic E-state index is 5.73. The molecule has 0 bridgehead atoms. The molecule has 0 rings (SSSR count). The fourth-order valence-corrected chi connectivity index (χ4v) is 5.75. The summed E-state index contributed by atoms with van der Waals surface area (Å²) in [7, 11) is 0. The minimum Gasteiger partial charge on any atom is -0.322 e. The zero-order valence-electron chi connectivity index (χ0n) is 10.9. The van der Waals surface area contributed by atoms with Crippen molar-refractivity contribution in [1.82, 2.24) is 0 Å². The second-order valence-corrected chi connectivity index (χ2v) is 10.6. The number of hydrogen-bond acceptors (Lipinski definition) is 4. The molecule has 0 N–H and O–H groups in total. The molecular weight excluding hydrogens is 259 g/mol. The van der Waals surface area contributed by atoms with E-state index in [1.165, 1.54) is 6.42 Å². The lowest BCUT2D eigenvalue weighted by Crippen LogP contribution is -1.97. The molecule has 0 aromatic carbocycles. The Morgan fingerprint density at radius 1 is 1.12 bits per heavy atom. The summed E-state index contributed by atoms with van der Waals surface area (Å²) in [5.74, 6) is 1.76. The summed E-state index contributed by atoms with van der Waals surface area (Å²) in [5, 5.41) is 0. The van der Waals surface area contributed by atoms with Gasteiger partial charge in [-0.15, -0.1) is 0 Å². The molecule has 0 aliphatic heterocycles. The van der Waals surface area contributed by atoms with Gasteiger partial charge in [0.25, 0.3) is 0 Å². The minimum atomic E-state index is -2.06.